The maximum absolute atomic E-state index is 5.76. The number of hydrogen-bond acceptors (Lipinski definition) is 5. The molecule has 0 aliphatic rings. The van der Waals surface area contributed by atoms with E-state index in [0.717, 1.165) is 22.7 Å². The first kappa shape index (κ1) is 17.0. The zero-order chi connectivity index (χ0) is 17.8. The quantitative estimate of drug-likeness (QED) is 0.524. The number of aromatic nitrogens is 4. The van der Waals surface area contributed by atoms with E-state index in [0.29, 0.717) is 16.3 Å². The summed E-state index contributed by atoms with van der Waals surface area (Å²) in [6, 6.07) is 9.40. The van der Waals surface area contributed by atoms with Gasteiger partial charge in [-0.25, -0.2) is 5.10 Å². The normalized spacial score (nSPS) is 11.2. The van der Waals surface area contributed by atoms with Crippen molar-refractivity contribution in [2.75, 3.05) is 7.11 Å². The van der Waals surface area contributed by atoms with Gasteiger partial charge in [0, 0.05) is 23.0 Å². The number of nitrogens with one attached hydrogen (secondary N) is 2. The molecule has 0 bridgehead atoms. The molecule has 0 radical (unpaired) electrons. The van der Waals surface area contributed by atoms with Crippen LogP contribution in [0.5, 0.6) is 11.5 Å². The van der Waals surface area contributed by atoms with E-state index in [1.807, 2.05) is 38.1 Å². The van der Waals surface area contributed by atoms with Gasteiger partial charge in [0.05, 0.1) is 13.3 Å². The molecule has 0 saturated carbocycles. The Morgan fingerprint density at radius 3 is 2.80 bits per heavy atom. The predicted octanol–water partition coefficient (Wildman–Crippen LogP) is 3.36. The third kappa shape index (κ3) is 3.97. The largest absolute Gasteiger partial charge is 0.497 e. The van der Waals surface area contributed by atoms with Crippen LogP contribution in [0.2, 0.25) is 0 Å². The molecule has 25 heavy (non-hydrogen) atoms. The van der Waals surface area contributed by atoms with Crippen molar-refractivity contribution in [1.82, 2.24) is 19.9 Å². The molecule has 0 amide bonds. The number of rotatable bonds is 6. The van der Waals surface area contributed by atoms with E-state index < -0.39 is 0 Å². The van der Waals surface area contributed by atoms with Crippen LogP contribution in [-0.4, -0.2) is 33.2 Å². The lowest BCUT2D eigenvalue weighted by Crippen LogP contribution is -2.04. The van der Waals surface area contributed by atoms with Gasteiger partial charge >= 0.3 is 0 Å². The highest BCUT2D eigenvalue weighted by atomic mass is 32.1. The average molecular weight is 357 g/mol. The zero-order valence-electron chi connectivity index (χ0n) is 14.2. The SMILES string of the molecule is COc1cccc(OCc2n[nH]c(=S)n2/N=C/c2cc(C)[nH]c2C)c1. The molecule has 0 saturated heterocycles. The number of H-pyrrole nitrogens is 2. The Hall–Kier alpha value is -2.87. The molecular formula is C17H19N5O2S. The average Bonchev–Trinajstić information content (AvgIpc) is 3.12. The van der Waals surface area contributed by atoms with Crippen LogP contribution in [0.25, 0.3) is 0 Å². The lowest BCUT2D eigenvalue weighted by molar-refractivity contribution is 0.288. The van der Waals surface area contributed by atoms with Crippen LogP contribution in [-0.2, 0) is 6.61 Å². The molecule has 7 nitrogen and oxygen atoms in total. The number of aromatic amines is 2. The highest BCUT2D eigenvalue weighted by Crippen LogP contribution is 2.19. The van der Waals surface area contributed by atoms with Gasteiger partial charge in [0.25, 0.3) is 0 Å². The van der Waals surface area contributed by atoms with Crippen LogP contribution in [0.4, 0.5) is 0 Å². The molecule has 0 fully saturated rings. The van der Waals surface area contributed by atoms with E-state index in [4.69, 9.17) is 21.7 Å². The van der Waals surface area contributed by atoms with Gasteiger partial charge in [-0.3, -0.25) is 0 Å². The second kappa shape index (κ2) is 7.35. The minimum Gasteiger partial charge on any atom is -0.497 e. The Labute approximate surface area is 150 Å². The summed E-state index contributed by atoms with van der Waals surface area (Å²) in [5, 5.41) is 11.3. The molecule has 130 valence electrons. The molecule has 3 rings (SSSR count). The smallest absolute Gasteiger partial charge is 0.216 e. The molecule has 0 aliphatic carbocycles. The summed E-state index contributed by atoms with van der Waals surface area (Å²) in [5.74, 6) is 1.99. The number of benzene rings is 1. The summed E-state index contributed by atoms with van der Waals surface area (Å²) in [6.45, 7) is 4.22. The standard InChI is InChI=1S/C17H19N5O2S/c1-11-7-13(12(2)19-11)9-18-22-16(20-21-17(22)25)10-24-15-6-4-5-14(8-15)23-3/h4-9,19H,10H2,1-3H3,(H,21,25)/b18-9+. The Kier molecular flexibility index (Phi) is 4.99. The van der Waals surface area contributed by atoms with Gasteiger partial charge in [-0.1, -0.05) is 6.07 Å². The van der Waals surface area contributed by atoms with E-state index in [9.17, 15) is 0 Å². The molecule has 2 N–H and O–H groups in total. The molecule has 1 aromatic carbocycles. The van der Waals surface area contributed by atoms with Gasteiger partial charge in [0.2, 0.25) is 4.77 Å². The number of hydrogen-bond donors (Lipinski definition) is 2. The van der Waals surface area contributed by atoms with Crippen molar-refractivity contribution in [2.24, 2.45) is 5.10 Å². The molecular weight excluding hydrogens is 338 g/mol. The van der Waals surface area contributed by atoms with Gasteiger partial charge < -0.3 is 14.5 Å². The summed E-state index contributed by atoms with van der Waals surface area (Å²) in [7, 11) is 1.61. The van der Waals surface area contributed by atoms with Gasteiger partial charge in [-0.2, -0.15) is 14.9 Å². The lowest BCUT2D eigenvalue weighted by Gasteiger charge is -2.07. The first-order chi connectivity index (χ1) is 12.1. The minimum atomic E-state index is 0.225. The highest BCUT2D eigenvalue weighted by molar-refractivity contribution is 7.71. The van der Waals surface area contributed by atoms with E-state index >= 15 is 0 Å². The third-order valence-corrected chi connectivity index (χ3v) is 3.89. The van der Waals surface area contributed by atoms with Crippen LogP contribution in [0.3, 0.4) is 0 Å². The van der Waals surface area contributed by atoms with E-state index in [1.165, 1.54) is 0 Å². The van der Waals surface area contributed by atoms with Crippen LogP contribution < -0.4 is 9.47 Å². The van der Waals surface area contributed by atoms with Crippen LogP contribution in [0.15, 0.2) is 35.4 Å². The van der Waals surface area contributed by atoms with Gasteiger partial charge in [0.15, 0.2) is 5.82 Å². The lowest BCUT2D eigenvalue weighted by atomic mass is 10.3. The second-order valence-corrected chi connectivity index (χ2v) is 5.89. The van der Waals surface area contributed by atoms with Gasteiger partial charge in [-0.05, 0) is 44.3 Å². The topological polar surface area (TPSA) is 80.2 Å². The first-order valence-electron chi connectivity index (χ1n) is 7.70. The maximum Gasteiger partial charge on any atom is 0.216 e. The van der Waals surface area contributed by atoms with Crippen LogP contribution in [0, 0.1) is 18.6 Å². The van der Waals surface area contributed by atoms with Crippen molar-refractivity contribution >= 4 is 18.4 Å². The Bertz CT molecular complexity index is 954. The van der Waals surface area contributed by atoms with Crippen molar-refractivity contribution in [3.8, 4) is 11.5 Å². The van der Waals surface area contributed by atoms with Gasteiger partial charge in [0.1, 0.15) is 18.1 Å². The maximum atomic E-state index is 5.76. The summed E-state index contributed by atoms with van der Waals surface area (Å²) >= 11 is 5.24. The van der Waals surface area contributed by atoms with Crippen molar-refractivity contribution < 1.29 is 9.47 Å². The third-order valence-electron chi connectivity index (χ3n) is 3.63. The molecule has 2 heterocycles. The zero-order valence-corrected chi connectivity index (χ0v) is 15.1. The Balaban J connectivity index is 1.77. The summed E-state index contributed by atoms with van der Waals surface area (Å²) < 4.78 is 12.9. The Morgan fingerprint density at radius 1 is 1.28 bits per heavy atom. The van der Waals surface area contributed by atoms with Crippen LogP contribution in [0.1, 0.15) is 22.8 Å². The molecule has 8 heteroatoms. The Morgan fingerprint density at radius 2 is 2.08 bits per heavy atom. The van der Waals surface area contributed by atoms with Crippen molar-refractivity contribution in [2.45, 2.75) is 20.5 Å². The monoisotopic (exact) mass is 357 g/mol. The fourth-order valence-corrected chi connectivity index (χ4v) is 2.57. The fourth-order valence-electron chi connectivity index (χ4n) is 2.38. The molecule has 0 spiro atoms. The number of nitrogens with zero attached hydrogens (tertiary/aromatic N) is 3. The summed E-state index contributed by atoms with van der Waals surface area (Å²) in [4.78, 5) is 3.24. The highest BCUT2D eigenvalue weighted by Gasteiger charge is 2.07. The van der Waals surface area contributed by atoms with E-state index in [1.54, 1.807) is 24.1 Å². The summed E-state index contributed by atoms with van der Waals surface area (Å²) in [6.07, 6.45) is 1.75. The molecule has 3 aromatic rings. The summed E-state index contributed by atoms with van der Waals surface area (Å²) in [5.41, 5.74) is 3.13. The molecule has 2 aromatic heterocycles. The number of aryl methyl sites for hydroxylation is 2. The minimum absolute atomic E-state index is 0.225. The van der Waals surface area contributed by atoms with Crippen LogP contribution >= 0.6 is 12.2 Å². The van der Waals surface area contributed by atoms with E-state index in [2.05, 4.69) is 20.3 Å². The molecule has 0 unspecified atom stereocenters. The van der Waals surface area contributed by atoms with Crippen molar-refractivity contribution in [3.05, 3.63) is 57.9 Å². The van der Waals surface area contributed by atoms with Gasteiger partial charge in [-0.15, -0.1) is 0 Å². The van der Waals surface area contributed by atoms with E-state index in [-0.39, 0.29) is 6.61 Å². The number of methoxy groups -OCH3 is 1. The molecule has 0 atom stereocenters. The number of ether oxygens (including phenoxy) is 2. The van der Waals surface area contributed by atoms with Crippen molar-refractivity contribution in [1.29, 1.82) is 0 Å². The first-order valence-corrected chi connectivity index (χ1v) is 8.11. The molecule has 0 aliphatic heterocycles. The fraction of sp³-hybridized carbons (Fsp3) is 0.235. The van der Waals surface area contributed by atoms with Crippen molar-refractivity contribution in [3.63, 3.8) is 0 Å². The predicted molar refractivity (Wildman–Crippen MR) is 98.0 cm³/mol. The second-order valence-electron chi connectivity index (χ2n) is 5.50.